The Hall–Kier alpha value is -2.95. The second-order valence-corrected chi connectivity index (χ2v) is 5.55. The molecule has 0 bridgehead atoms. The fraction of sp³-hybridized carbons (Fsp3) is 0.211. The Morgan fingerprint density at radius 2 is 1.83 bits per heavy atom. The second kappa shape index (κ2) is 7.08. The lowest BCUT2D eigenvalue weighted by molar-refractivity contribution is -0.121. The van der Waals surface area contributed by atoms with Gasteiger partial charge in [0.25, 0.3) is 5.91 Å². The van der Waals surface area contributed by atoms with Gasteiger partial charge >= 0.3 is 0 Å². The summed E-state index contributed by atoms with van der Waals surface area (Å²) in [7, 11) is 0. The third-order valence-corrected chi connectivity index (χ3v) is 3.90. The van der Waals surface area contributed by atoms with E-state index >= 15 is 0 Å². The summed E-state index contributed by atoms with van der Waals surface area (Å²) in [5.41, 5.74) is 6.38. The van der Waals surface area contributed by atoms with Crippen LogP contribution in [0.4, 0.5) is 0 Å². The predicted octanol–water partition coefficient (Wildman–Crippen LogP) is 3.28. The lowest BCUT2D eigenvalue weighted by atomic mass is 10.1. The second-order valence-electron chi connectivity index (χ2n) is 5.55. The first-order chi connectivity index (χ1) is 11.7. The zero-order valence-electron chi connectivity index (χ0n) is 13.9. The largest absolute Gasteiger partial charge is 0.319 e. The zero-order chi connectivity index (χ0) is 16.9. The van der Waals surface area contributed by atoms with E-state index in [1.165, 1.54) is 0 Å². The summed E-state index contributed by atoms with van der Waals surface area (Å²) in [6.07, 6.45) is 0.747. The van der Waals surface area contributed by atoms with E-state index in [9.17, 15) is 4.79 Å². The number of hydrogen-bond acceptors (Lipinski definition) is 3. The molecule has 1 amide bonds. The molecule has 0 atom stereocenters. The molecule has 1 N–H and O–H groups in total. The maximum absolute atomic E-state index is 12.3. The predicted molar refractivity (Wildman–Crippen MR) is 95.9 cm³/mol. The number of nitrogens with zero attached hydrogens (tertiary/aromatic N) is 3. The quantitative estimate of drug-likeness (QED) is 0.579. The molecule has 2 aromatic carbocycles. The minimum absolute atomic E-state index is 0.164. The van der Waals surface area contributed by atoms with Crippen LogP contribution in [-0.4, -0.2) is 21.2 Å². The Balaban J connectivity index is 1.75. The van der Waals surface area contributed by atoms with E-state index < -0.39 is 0 Å². The minimum Gasteiger partial charge on any atom is -0.319 e. The molecule has 1 aromatic heterocycles. The number of imidazole rings is 1. The number of benzene rings is 2. The molecule has 3 rings (SSSR count). The Morgan fingerprint density at radius 1 is 1.12 bits per heavy atom. The first-order valence-electron chi connectivity index (χ1n) is 8.01. The number of hydrazone groups is 1. The number of fused-ring (bicyclic) bond motifs is 1. The van der Waals surface area contributed by atoms with Crippen molar-refractivity contribution in [3.8, 4) is 0 Å². The van der Waals surface area contributed by atoms with Crippen LogP contribution in [0.15, 0.2) is 59.7 Å². The number of hydrogen-bond donors (Lipinski definition) is 1. The average Bonchev–Trinajstić information content (AvgIpc) is 2.92. The highest BCUT2D eigenvalue weighted by molar-refractivity contribution is 6.00. The molecule has 0 saturated heterocycles. The molecule has 0 aliphatic heterocycles. The van der Waals surface area contributed by atoms with E-state index in [4.69, 9.17) is 0 Å². The third kappa shape index (κ3) is 3.35. The molecule has 0 spiro atoms. The molecule has 5 nitrogen and oxygen atoms in total. The van der Waals surface area contributed by atoms with Crippen molar-refractivity contribution in [2.75, 3.05) is 0 Å². The molecule has 0 radical (unpaired) electrons. The number of carbonyl (C=O) groups excluding carboxylic acids is 1. The molecule has 3 aromatic rings. The van der Waals surface area contributed by atoms with Crippen LogP contribution in [0.1, 0.15) is 24.7 Å². The number of amides is 1. The number of rotatable bonds is 5. The standard InChI is InChI=1S/C19H20N4O/c1-3-16(15-9-5-4-6-10-15)21-22-19(24)13-23-14(2)20-17-11-7-8-12-18(17)23/h4-12H,3,13H2,1-2H3,(H,22,24)/b21-16-. The Labute approximate surface area is 141 Å². The molecule has 0 aliphatic carbocycles. The molecule has 122 valence electrons. The van der Waals surface area contributed by atoms with E-state index in [-0.39, 0.29) is 12.5 Å². The van der Waals surface area contributed by atoms with Crippen LogP contribution in [-0.2, 0) is 11.3 Å². The molecule has 24 heavy (non-hydrogen) atoms. The van der Waals surface area contributed by atoms with Gasteiger partial charge in [0.05, 0.1) is 16.7 Å². The summed E-state index contributed by atoms with van der Waals surface area (Å²) in [5, 5.41) is 4.29. The van der Waals surface area contributed by atoms with Gasteiger partial charge in [-0.05, 0) is 31.0 Å². The third-order valence-electron chi connectivity index (χ3n) is 3.90. The Bertz CT molecular complexity index is 881. The fourth-order valence-electron chi connectivity index (χ4n) is 2.68. The molecule has 0 fully saturated rings. The van der Waals surface area contributed by atoms with Crippen molar-refractivity contribution in [1.82, 2.24) is 15.0 Å². The van der Waals surface area contributed by atoms with Gasteiger partial charge in [0, 0.05) is 0 Å². The van der Waals surface area contributed by atoms with Crippen LogP contribution >= 0.6 is 0 Å². The Kier molecular flexibility index (Phi) is 4.70. The van der Waals surface area contributed by atoms with Crippen LogP contribution in [0.5, 0.6) is 0 Å². The van der Waals surface area contributed by atoms with Gasteiger partial charge in [0.1, 0.15) is 12.4 Å². The SMILES string of the molecule is CC/C(=N/NC(=O)Cn1c(C)nc2ccccc21)c1ccccc1. The van der Waals surface area contributed by atoms with Crippen LogP contribution in [0.2, 0.25) is 0 Å². The molecular weight excluding hydrogens is 300 g/mol. The van der Waals surface area contributed by atoms with Crippen molar-refractivity contribution >= 4 is 22.7 Å². The van der Waals surface area contributed by atoms with Crippen molar-refractivity contribution in [1.29, 1.82) is 0 Å². The number of aromatic nitrogens is 2. The van der Waals surface area contributed by atoms with E-state index in [0.29, 0.717) is 0 Å². The van der Waals surface area contributed by atoms with Crippen molar-refractivity contribution < 1.29 is 4.79 Å². The van der Waals surface area contributed by atoms with E-state index in [0.717, 1.165) is 34.6 Å². The lowest BCUT2D eigenvalue weighted by Crippen LogP contribution is -2.25. The summed E-state index contributed by atoms with van der Waals surface area (Å²) >= 11 is 0. The van der Waals surface area contributed by atoms with E-state index in [1.54, 1.807) is 0 Å². The first kappa shape index (κ1) is 15.9. The van der Waals surface area contributed by atoms with Gasteiger partial charge in [-0.3, -0.25) is 4.79 Å². The molecule has 1 heterocycles. The normalized spacial score (nSPS) is 11.7. The van der Waals surface area contributed by atoms with Gasteiger partial charge in [0.15, 0.2) is 0 Å². The van der Waals surface area contributed by atoms with Crippen LogP contribution < -0.4 is 5.43 Å². The highest BCUT2D eigenvalue weighted by Crippen LogP contribution is 2.15. The number of nitrogens with one attached hydrogen (secondary N) is 1. The number of para-hydroxylation sites is 2. The first-order valence-corrected chi connectivity index (χ1v) is 8.01. The summed E-state index contributed by atoms with van der Waals surface area (Å²) < 4.78 is 1.90. The van der Waals surface area contributed by atoms with Crippen LogP contribution in [0.25, 0.3) is 11.0 Å². The highest BCUT2D eigenvalue weighted by atomic mass is 16.2. The van der Waals surface area contributed by atoms with Gasteiger partial charge in [-0.15, -0.1) is 0 Å². The molecule has 0 aliphatic rings. The summed E-state index contributed by atoms with van der Waals surface area (Å²) in [6, 6.07) is 17.7. The van der Waals surface area contributed by atoms with Crippen LogP contribution in [0.3, 0.4) is 0 Å². The number of aryl methyl sites for hydroxylation is 1. The van der Waals surface area contributed by atoms with Crippen LogP contribution in [0, 0.1) is 6.92 Å². The topological polar surface area (TPSA) is 59.3 Å². The van der Waals surface area contributed by atoms with Crippen molar-refractivity contribution in [2.24, 2.45) is 5.10 Å². The number of carbonyl (C=O) groups is 1. The molecule has 5 heteroatoms. The van der Waals surface area contributed by atoms with Gasteiger partial charge in [-0.25, -0.2) is 10.4 Å². The average molecular weight is 320 g/mol. The van der Waals surface area contributed by atoms with Gasteiger partial charge < -0.3 is 4.57 Å². The van der Waals surface area contributed by atoms with E-state index in [1.807, 2.05) is 73.0 Å². The zero-order valence-corrected chi connectivity index (χ0v) is 13.9. The lowest BCUT2D eigenvalue weighted by Gasteiger charge is -2.07. The Morgan fingerprint density at radius 3 is 2.58 bits per heavy atom. The monoisotopic (exact) mass is 320 g/mol. The van der Waals surface area contributed by atoms with Gasteiger partial charge in [-0.2, -0.15) is 5.10 Å². The maximum atomic E-state index is 12.3. The van der Waals surface area contributed by atoms with Crippen molar-refractivity contribution in [3.63, 3.8) is 0 Å². The molecular formula is C19H20N4O. The van der Waals surface area contributed by atoms with E-state index in [2.05, 4.69) is 15.5 Å². The van der Waals surface area contributed by atoms with Gasteiger partial charge in [-0.1, -0.05) is 49.4 Å². The summed E-state index contributed by atoms with van der Waals surface area (Å²) in [6.45, 7) is 4.12. The maximum Gasteiger partial charge on any atom is 0.260 e. The molecule has 0 saturated carbocycles. The highest BCUT2D eigenvalue weighted by Gasteiger charge is 2.10. The van der Waals surface area contributed by atoms with Crippen molar-refractivity contribution in [2.45, 2.75) is 26.8 Å². The smallest absolute Gasteiger partial charge is 0.260 e. The summed E-state index contributed by atoms with van der Waals surface area (Å²) in [4.78, 5) is 16.8. The minimum atomic E-state index is -0.164. The fourth-order valence-corrected chi connectivity index (χ4v) is 2.68. The summed E-state index contributed by atoms with van der Waals surface area (Å²) in [5.74, 6) is 0.650. The van der Waals surface area contributed by atoms with Gasteiger partial charge in [0.2, 0.25) is 0 Å². The van der Waals surface area contributed by atoms with Crippen molar-refractivity contribution in [3.05, 3.63) is 66.0 Å². The molecule has 0 unspecified atom stereocenters.